The second-order valence-electron chi connectivity index (χ2n) is 10.4. The molecule has 0 amide bonds. The Bertz CT molecular complexity index is 1580. The molecule has 11 heteroatoms. The van der Waals surface area contributed by atoms with E-state index in [0.29, 0.717) is 34.1 Å². The first kappa shape index (κ1) is 29.8. The van der Waals surface area contributed by atoms with Crippen molar-refractivity contribution in [3.63, 3.8) is 0 Å². The number of hydrogen-bond donors (Lipinski definition) is 1. The van der Waals surface area contributed by atoms with Gasteiger partial charge >= 0.3 is 0 Å². The monoisotopic (exact) mass is 588 g/mol. The topological polar surface area (TPSA) is 104 Å². The van der Waals surface area contributed by atoms with Crippen LogP contribution in [0.3, 0.4) is 0 Å². The molecule has 40 heavy (non-hydrogen) atoms. The van der Waals surface area contributed by atoms with Gasteiger partial charge in [0.1, 0.15) is 18.3 Å². The number of sulfonamides is 1. The number of piperidine rings is 1. The van der Waals surface area contributed by atoms with E-state index in [2.05, 4.69) is 4.72 Å². The average Bonchev–Trinajstić information content (AvgIpc) is 2.92. The van der Waals surface area contributed by atoms with Crippen LogP contribution in [0.4, 0.5) is 8.78 Å². The number of nitrogens with zero attached hydrogens (tertiary/aromatic N) is 2. The maximum atomic E-state index is 14.2. The lowest BCUT2D eigenvalue weighted by molar-refractivity contribution is -0.934. The zero-order valence-corrected chi connectivity index (χ0v) is 23.8. The number of benzene rings is 3. The normalized spacial score (nSPS) is 16.2. The number of hydrogen-bond acceptors (Lipinski definition) is 5. The number of sulfone groups is 1. The van der Waals surface area contributed by atoms with Crippen LogP contribution in [0.1, 0.15) is 48.3 Å². The van der Waals surface area contributed by atoms with E-state index in [1.54, 1.807) is 12.1 Å². The lowest BCUT2D eigenvalue weighted by Crippen LogP contribution is -2.57. The van der Waals surface area contributed by atoms with Gasteiger partial charge < -0.3 is 4.48 Å². The van der Waals surface area contributed by atoms with Crippen molar-refractivity contribution in [1.29, 1.82) is 5.26 Å². The minimum absolute atomic E-state index is 0.0701. The molecular weight excluding hydrogens is 556 g/mol. The molecule has 1 heterocycles. The van der Waals surface area contributed by atoms with Crippen LogP contribution < -0.4 is 4.72 Å². The Balaban J connectivity index is 1.60. The van der Waals surface area contributed by atoms with Crippen LogP contribution in [0.2, 0.25) is 0 Å². The molecule has 0 spiro atoms. The van der Waals surface area contributed by atoms with Crippen molar-refractivity contribution in [1.82, 2.24) is 4.72 Å². The summed E-state index contributed by atoms with van der Waals surface area (Å²) in [7, 11) is -7.24. The number of halogens is 2. The summed E-state index contributed by atoms with van der Waals surface area (Å²) in [5.74, 6) is -1.85. The maximum absolute atomic E-state index is 14.2. The Hall–Kier alpha value is -3.17. The third-order valence-corrected chi connectivity index (χ3v) is 10.1. The fraction of sp³-hybridized carbons (Fsp3) is 0.345. The quantitative estimate of drug-likeness (QED) is 0.346. The molecule has 0 bridgehead atoms. The zero-order valence-electron chi connectivity index (χ0n) is 22.2. The second-order valence-corrected chi connectivity index (χ2v) is 14.2. The summed E-state index contributed by atoms with van der Waals surface area (Å²) in [5, 5.41) is 9.00. The third-order valence-electron chi connectivity index (χ3n) is 7.54. The average molecular weight is 589 g/mol. The van der Waals surface area contributed by atoms with Crippen molar-refractivity contribution in [2.75, 3.05) is 32.6 Å². The molecule has 0 aromatic heterocycles. The molecule has 0 unspecified atom stereocenters. The highest BCUT2D eigenvalue weighted by molar-refractivity contribution is 7.90. The molecule has 3 aromatic carbocycles. The lowest BCUT2D eigenvalue weighted by Gasteiger charge is -2.42. The molecule has 0 radical (unpaired) electrons. The van der Waals surface area contributed by atoms with E-state index in [-0.39, 0.29) is 16.5 Å². The highest BCUT2D eigenvalue weighted by Gasteiger charge is 2.33. The van der Waals surface area contributed by atoms with Gasteiger partial charge in [-0.3, -0.25) is 0 Å². The standard InChI is InChI=1S/C29H32F2N3O4S2/c1-39(35,36)27-11-7-23(8-12-27)29(24-17-25(30)19-26(31)18-24)13-16-34(14-3-2-4-15-34)21-33-40(37,38)28-9-5-22(20-32)6-10-28/h5-12,17-19,29,33H,2-4,13-16,21H2,1H3/q+1/t29-/m1/s1. The molecule has 1 aliphatic heterocycles. The molecule has 1 atom stereocenters. The summed E-state index contributed by atoms with van der Waals surface area (Å²) in [5.41, 5.74) is 1.51. The van der Waals surface area contributed by atoms with Gasteiger partial charge in [0.15, 0.2) is 9.84 Å². The van der Waals surface area contributed by atoms with Gasteiger partial charge in [-0.1, -0.05) is 12.1 Å². The summed E-state index contributed by atoms with van der Waals surface area (Å²) in [6, 6.07) is 17.4. The van der Waals surface area contributed by atoms with Gasteiger partial charge in [-0.05, 0) is 78.9 Å². The summed E-state index contributed by atoms with van der Waals surface area (Å²) < 4.78 is 81.7. The second kappa shape index (κ2) is 12.1. The SMILES string of the molecule is CS(=O)(=O)c1ccc([C@@H](CC[N+]2(CNS(=O)(=O)c3ccc(C#N)cc3)CCCCC2)c2cc(F)cc(F)c2)cc1. The van der Waals surface area contributed by atoms with Crippen molar-refractivity contribution < 1.29 is 30.1 Å². The Morgan fingerprint density at radius 3 is 1.98 bits per heavy atom. The number of rotatable bonds is 10. The van der Waals surface area contributed by atoms with Crippen LogP contribution in [0.15, 0.2) is 76.5 Å². The Morgan fingerprint density at radius 2 is 1.43 bits per heavy atom. The van der Waals surface area contributed by atoms with E-state index in [1.807, 2.05) is 6.07 Å². The van der Waals surface area contributed by atoms with E-state index in [4.69, 9.17) is 5.26 Å². The molecule has 4 rings (SSSR count). The molecule has 7 nitrogen and oxygen atoms in total. The number of nitriles is 1. The van der Waals surface area contributed by atoms with Crippen LogP contribution in [0.25, 0.3) is 0 Å². The molecule has 1 aliphatic rings. The lowest BCUT2D eigenvalue weighted by atomic mass is 9.87. The van der Waals surface area contributed by atoms with Gasteiger partial charge in [-0.2, -0.15) is 9.98 Å². The molecule has 212 valence electrons. The van der Waals surface area contributed by atoms with Crippen LogP contribution >= 0.6 is 0 Å². The zero-order chi connectivity index (χ0) is 29.0. The Labute approximate surface area is 234 Å². The van der Waals surface area contributed by atoms with Crippen LogP contribution in [0, 0.1) is 23.0 Å². The first-order chi connectivity index (χ1) is 18.9. The Kier molecular flexibility index (Phi) is 9.05. The van der Waals surface area contributed by atoms with E-state index in [9.17, 15) is 25.6 Å². The van der Waals surface area contributed by atoms with Crippen molar-refractivity contribution in [3.8, 4) is 6.07 Å². The van der Waals surface area contributed by atoms with Gasteiger partial charge in [0, 0.05) is 24.7 Å². The molecule has 0 saturated carbocycles. The van der Waals surface area contributed by atoms with E-state index < -0.39 is 37.4 Å². The third kappa shape index (κ3) is 7.31. The molecule has 1 fully saturated rings. The van der Waals surface area contributed by atoms with Gasteiger partial charge in [0.05, 0.1) is 41.1 Å². The van der Waals surface area contributed by atoms with E-state index >= 15 is 0 Å². The van der Waals surface area contributed by atoms with Gasteiger partial charge in [-0.15, -0.1) is 0 Å². The largest absolute Gasteiger partial charge is 0.310 e. The smallest absolute Gasteiger partial charge is 0.244 e. The predicted octanol–water partition coefficient (Wildman–Crippen LogP) is 4.70. The fourth-order valence-electron chi connectivity index (χ4n) is 5.31. The maximum Gasteiger partial charge on any atom is 0.244 e. The minimum atomic E-state index is -3.83. The van der Waals surface area contributed by atoms with Gasteiger partial charge in [0.2, 0.25) is 10.0 Å². The molecule has 1 N–H and O–H groups in total. The highest BCUT2D eigenvalue weighted by atomic mass is 32.2. The molecular formula is C29H32F2N3O4S2+. The van der Waals surface area contributed by atoms with Gasteiger partial charge in [0.25, 0.3) is 0 Å². The number of quaternary nitrogens is 1. The van der Waals surface area contributed by atoms with Crippen molar-refractivity contribution in [3.05, 3.63) is 95.1 Å². The van der Waals surface area contributed by atoms with Crippen molar-refractivity contribution in [2.45, 2.75) is 41.4 Å². The fourth-order valence-corrected chi connectivity index (χ4v) is 7.05. The van der Waals surface area contributed by atoms with Gasteiger partial charge in [-0.25, -0.2) is 25.6 Å². The molecule has 0 aliphatic carbocycles. The van der Waals surface area contributed by atoms with E-state index in [1.165, 1.54) is 48.5 Å². The van der Waals surface area contributed by atoms with Crippen molar-refractivity contribution >= 4 is 19.9 Å². The van der Waals surface area contributed by atoms with Crippen molar-refractivity contribution in [2.24, 2.45) is 0 Å². The first-order valence-electron chi connectivity index (χ1n) is 13.0. The number of likely N-dealkylation sites (tertiary alicyclic amines) is 1. The summed E-state index contributed by atoms with van der Waals surface area (Å²) in [6.07, 6.45) is 4.44. The molecule has 3 aromatic rings. The number of nitrogens with one attached hydrogen (secondary N) is 1. The Morgan fingerprint density at radius 1 is 0.850 bits per heavy atom. The molecule has 1 saturated heterocycles. The highest BCUT2D eigenvalue weighted by Crippen LogP contribution is 2.32. The summed E-state index contributed by atoms with van der Waals surface area (Å²) in [6.45, 7) is 2.17. The first-order valence-corrected chi connectivity index (χ1v) is 16.4. The minimum Gasteiger partial charge on any atom is -0.310 e. The van der Waals surface area contributed by atoms with Crippen LogP contribution in [-0.2, 0) is 19.9 Å². The summed E-state index contributed by atoms with van der Waals surface area (Å²) in [4.78, 5) is 0.220. The van der Waals surface area contributed by atoms with E-state index in [0.717, 1.165) is 44.7 Å². The summed E-state index contributed by atoms with van der Waals surface area (Å²) >= 11 is 0. The predicted molar refractivity (Wildman–Crippen MR) is 147 cm³/mol. The van der Waals surface area contributed by atoms with Crippen LogP contribution in [0.5, 0.6) is 0 Å². The van der Waals surface area contributed by atoms with Crippen LogP contribution in [-0.4, -0.2) is 53.9 Å².